The maximum absolute atomic E-state index is 12.5. The van der Waals surface area contributed by atoms with Gasteiger partial charge in [-0.1, -0.05) is 24.3 Å². The molecular formula is C24H28F2N2O4. The summed E-state index contributed by atoms with van der Waals surface area (Å²) in [5, 5.41) is 0. The summed E-state index contributed by atoms with van der Waals surface area (Å²) in [6, 6.07) is 14.3. The summed E-state index contributed by atoms with van der Waals surface area (Å²) < 4.78 is 40.6. The highest BCUT2D eigenvalue weighted by atomic mass is 19.3. The zero-order valence-corrected chi connectivity index (χ0v) is 18.1. The number of rotatable bonds is 10. The van der Waals surface area contributed by atoms with E-state index in [1.54, 1.807) is 30.0 Å². The molecule has 2 aromatic rings. The molecule has 6 nitrogen and oxygen atoms in total. The molecular weight excluding hydrogens is 418 g/mol. The Kier molecular flexibility index (Phi) is 8.86. The fourth-order valence-electron chi connectivity index (χ4n) is 3.36. The van der Waals surface area contributed by atoms with Gasteiger partial charge in [-0.2, -0.15) is 8.78 Å². The molecule has 1 saturated heterocycles. The number of carbonyl (C=O) groups excluding carboxylic acids is 1. The Morgan fingerprint density at radius 2 is 1.78 bits per heavy atom. The summed E-state index contributed by atoms with van der Waals surface area (Å²) in [6.45, 7) is 3.39. The van der Waals surface area contributed by atoms with Gasteiger partial charge in [-0.3, -0.25) is 9.69 Å². The van der Waals surface area contributed by atoms with Crippen molar-refractivity contribution in [2.75, 3.05) is 45.9 Å². The Balaban J connectivity index is 1.46. The zero-order valence-electron chi connectivity index (χ0n) is 18.1. The van der Waals surface area contributed by atoms with Crippen LogP contribution >= 0.6 is 0 Å². The minimum Gasteiger partial charge on any atom is -0.492 e. The van der Waals surface area contributed by atoms with E-state index in [0.29, 0.717) is 31.9 Å². The summed E-state index contributed by atoms with van der Waals surface area (Å²) >= 11 is 0. The third-order valence-corrected chi connectivity index (χ3v) is 5.01. The van der Waals surface area contributed by atoms with Crippen molar-refractivity contribution in [1.29, 1.82) is 0 Å². The number of para-hydroxylation sites is 1. The van der Waals surface area contributed by atoms with Crippen molar-refractivity contribution in [3.8, 4) is 17.2 Å². The first kappa shape index (κ1) is 23.5. The van der Waals surface area contributed by atoms with Crippen LogP contribution < -0.4 is 14.2 Å². The Hall–Kier alpha value is -3.13. The average molecular weight is 446 g/mol. The standard InChI is InChI=1S/C24H28F2N2O4/c1-2-30-22-18-19(8-10-21(22)32-24(25)26)9-11-23(29)28-14-12-27(13-15-28)16-17-31-20-6-4-3-5-7-20/h3-11,18,24H,2,12-17H2,1H3/b11-9+. The molecule has 32 heavy (non-hydrogen) atoms. The van der Waals surface area contributed by atoms with Gasteiger partial charge in [0.15, 0.2) is 11.5 Å². The number of hydrogen-bond donors (Lipinski definition) is 0. The molecule has 2 aromatic carbocycles. The predicted octanol–water partition coefficient (Wildman–Crippen LogP) is 3.92. The number of halogens is 2. The third kappa shape index (κ3) is 7.23. The van der Waals surface area contributed by atoms with Gasteiger partial charge in [0.25, 0.3) is 0 Å². The Morgan fingerprint density at radius 1 is 1.03 bits per heavy atom. The fraction of sp³-hybridized carbons (Fsp3) is 0.375. The van der Waals surface area contributed by atoms with E-state index >= 15 is 0 Å². The molecule has 1 aliphatic heterocycles. The van der Waals surface area contributed by atoms with Gasteiger partial charge in [0.2, 0.25) is 5.91 Å². The lowest BCUT2D eigenvalue weighted by atomic mass is 10.2. The number of carbonyl (C=O) groups is 1. The van der Waals surface area contributed by atoms with Crippen molar-refractivity contribution in [3.05, 3.63) is 60.2 Å². The second-order valence-electron chi connectivity index (χ2n) is 7.18. The lowest BCUT2D eigenvalue weighted by Crippen LogP contribution is -2.49. The van der Waals surface area contributed by atoms with E-state index in [1.807, 2.05) is 30.3 Å². The molecule has 0 atom stereocenters. The van der Waals surface area contributed by atoms with E-state index in [1.165, 1.54) is 12.1 Å². The second kappa shape index (κ2) is 12.0. The van der Waals surface area contributed by atoms with Crippen molar-refractivity contribution < 1.29 is 27.8 Å². The zero-order chi connectivity index (χ0) is 22.8. The van der Waals surface area contributed by atoms with Crippen LogP contribution in [-0.2, 0) is 4.79 Å². The summed E-state index contributed by atoms with van der Waals surface area (Å²) in [5.74, 6) is 0.954. The molecule has 0 N–H and O–H groups in total. The van der Waals surface area contributed by atoms with E-state index < -0.39 is 6.61 Å². The van der Waals surface area contributed by atoms with Gasteiger partial charge in [0, 0.05) is 38.8 Å². The monoisotopic (exact) mass is 446 g/mol. The quantitative estimate of drug-likeness (QED) is 0.518. The van der Waals surface area contributed by atoms with Gasteiger partial charge >= 0.3 is 6.61 Å². The highest BCUT2D eigenvalue weighted by molar-refractivity contribution is 5.92. The van der Waals surface area contributed by atoms with Crippen molar-refractivity contribution in [1.82, 2.24) is 9.80 Å². The molecule has 0 aliphatic carbocycles. The predicted molar refractivity (Wildman–Crippen MR) is 118 cm³/mol. The van der Waals surface area contributed by atoms with E-state index in [9.17, 15) is 13.6 Å². The van der Waals surface area contributed by atoms with Crippen LogP contribution in [0.15, 0.2) is 54.6 Å². The van der Waals surface area contributed by atoms with Crippen LogP contribution in [0.1, 0.15) is 12.5 Å². The number of benzene rings is 2. The van der Waals surface area contributed by atoms with Crippen LogP contribution in [0, 0.1) is 0 Å². The molecule has 0 unspecified atom stereocenters. The normalized spacial score (nSPS) is 14.7. The number of amides is 1. The van der Waals surface area contributed by atoms with E-state index in [0.717, 1.165) is 25.4 Å². The topological polar surface area (TPSA) is 51.2 Å². The molecule has 172 valence electrons. The Bertz CT molecular complexity index is 885. The van der Waals surface area contributed by atoms with E-state index in [-0.39, 0.29) is 17.4 Å². The fourth-order valence-corrected chi connectivity index (χ4v) is 3.36. The number of hydrogen-bond acceptors (Lipinski definition) is 5. The van der Waals surface area contributed by atoms with Crippen LogP contribution in [0.5, 0.6) is 17.2 Å². The first-order valence-electron chi connectivity index (χ1n) is 10.6. The van der Waals surface area contributed by atoms with Gasteiger partial charge in [0.1, 0.15) is 12.4 Å². The molecule has 1 heterocycles. The summed E-state index contributed by atoms with van der Waals surface area (Å²) in [5.41, 5.74) is 0.667. The van der Waals surface area contributed by atoms with Crippen LogP contribution in [-0.4, -0.2) is 68.3 Å². The van der Waals surface area contributed by atoms with Crippen molar-refractivity contribution >= 4 is 12.0 Å². The molecule has 0 radical (unpaired) electrons. The maximum Gasteiger partial charge on any atom is 0.387 e. The SMILES string of the molecule is CCOc1cc(/C=C/C(=O)N2CCN(CCOc3ccccc3)CC2)ccc1OC(F)F. The summed E-state index contributed by atoms with van der Waals surface area (Å²) in [4.78, 5) is 16.6. The van der Waals surface area contributed by atoms with Crippen molar-refractivity contribution in [3.63, 3.8) is 0 Å². The molecule has 0 saturated carbocycles. The van der Waals surface area contributed by atoms with Gasteiger partial charge < -0.3 is 19.1 Å². The van der Waals surface area contributed by atoms with Crippen molar-refractivity contribution in [2.45, 2.75) is 13.5 Å². The number of ether oxygens (including phenoxy) is 3. The minimum absolute atomic E-state index is 0.0299. The molecule has 1 amide bonds. The lowest BCUT2D eigenvalue weighted by Gasteiger charge is -2.34. The third-order valence-electron chi connectivity index (χ3n) is 5.01. The van der Waals surface area contributed by atoms with E-state index in [2.05, 4.69) is 9.64 Å². The van der Waals surface area contributed by atoms with Gasteiger partial charge in [0.05, 0.1) is 6.61 Å². The van der Waals surface area contributed by atoms with Crippen molar-refractivity contribution in [2.24, 2.45) is 0 Å². The highest BCUT2D eigenvalue weighted by Gasteiger charge is 2.19. The molecule has 8 heteroatoms. The molecule has 0 spiro atoms. The summed E-state index contributed by atoms with van der Waals surface area (Å²) in [6.07, 6.45) is 3.14. The van der Waals surface area contributed by atoms with Gasteiger partial charge in [-0.05, 0) is 42.8 Å². The Labute approximate surface area is 187 Å². The maximum atomic E-state index is 12.5. The average Bonchev–Trinajstić information content (AvgIpc) is 2.80. The summed E-state index contributed by atoms with van der Waals surface area (Å²) in [7, 11) is 0. The molecule has 0 bridgehead atoms. The van der Waals surface area contributed by atoms with Gasteiger partial charge in [-0.15, -0.1) is 0 Å². The highest BCUT2D eigenvalue weighted by Crippen LogP contribution is 2.30. The first-order chi connectivity index (χ1) is 15.5. The minimum atomic E-state index is -2.93. The number of nitrogens with zero attached hydrogens (tertiary/aromatic N) is 2. The number of piperazine rings is 1. The smallest absolute Gasteiger partial charge is 0.387 e. The van der Waals surface area contributed by atoms with Gasteiger partial charge in [-0.25, -0.2) is 0 Å². The van der Waals surface area contributed by atoms with E-state index in [4.69, 9.17) is 9.47 Å². The van der Waals surface area contributed by atoms with Crippen LogP contribution in [0.25, 0.3) is 6.08 Å². The molecule has 3 rings (SSSR count). The largest absolute Gasteiger partial charge is 0.492 e. The first-order valence-corrected chi connectivity index (χ1v) is 10.6. The lowest BCUT2D eigenvalue weighted by molar-refractivity contribution is -0.127. The molecule has 1 fully saturated rings. The number of alkyl halides is 2. The van der Waals surface area contributed by atoms with Crippen LogP contribution in [0.2, 0.25) is 0 Å². The molecule has 0 aromatic heterocycles. The molecule has 1 aliphatic rings. The second-order valence-corrected chi connectivity index (χ2v) is 7.18. The van der Waals surface area contributed by atoms with Crippen LogP contribution in [0.4, 0.5) is 8.78 Å². The van der Waals surface area contributed by atoms with Crippen LogP contribution in [0.3, 0.4) is 0 Å². The Morgan fingerprint density at radius 3 is 2.47 bits per heavy atom.